The Labute approximate surface area is 369 Å². The zero-order valence-corrected chi connectivity index (χ0v) is 38.7. The number of hydrogen-bond acceptors (Lipinski definition) is 3. The smallest absolute Gasteiger partial charge is 0.252 e. The van der Waals surface area contributed by atoms with E-state index in [0.29, 0.717) is 0 Å². The van der Waals surface area contributed by atoms with Crippen molar-refractivity contribution >= 4 is 79.2 Å². The fourth-order valence-corrected chi connectivity index (χ4v) is 9.86. The first-order chi connectivity index (χ1) is 29.3. The third-order valence-corrected chi connectivity index (χ3v) is 13.5. The van der Waals surface area contributed by atoms with Gasteiger partial charge < -0.3 is 14.2 Å². The summed E-state index contributed by atoms with van der Waals surface area (Å²) in [5, 5.41) is 2.29. The third-order valence-electron chi connectivity index (χ3n) is 13.5. The molecule has 3 nitrogen and oxygen atoms in total. The molecule has 0 saturated carbocycles. The molecule has 8 aromatic rings. The molecule has 0 aliphatic carbocycles. The molecule has 0 N–H and O–H groups in total. The van der Waals surface area contributed by atoms with Gasteiger partial charge >= 0.3 is 0 Å². The highest BCUT2D eigenvalue weighted by molar-refractivity contribution is 7.00. The van der Waals surface area contributed by atoms with Gasteiger partial charge in [-0.15, -0.1) is 0 Å². The van der Waals surface area contributed by atoms with E-state index in [1.54, 1.807) is 0 Å². The molecule has 0 fully saturated rings. The average Bonchev–Trinajstić information content (AvgIpc) is 3.61. The summed E-state index contributed by atoms with van der Waals surface area (Å²) in [5.74, 6) is 0. The van der Waals surface area contributed by atoms with Gasteiger partial charge in [0.05, 0.1) is 0 Å². The molecule has 10 rings (SSSR count). The van der Waals surface area contributed by atoms with Gasteiger partial charge in [-0.3, -0.25) is 0 Å². The number of nitrogens with zero attached hydrogens (tertiary/aromatic N) is 2. The Hall–Kier alpha value is -6.00. The van der Waals surface area contributed by atoms with Crippen LogP contribution in [0, 0.1) is 0 Å². The number of para-hydroxylation sites is 1. The monoisotopic (exact) mass is 810 g/mol. The highest BCUT2D eigenvalue weighted by Gasteiger charge is 2.45. The lowest BCUT2D eigenvalue weighted by atomic mass is 9.33. The van der Waals surface area contributed by atoms with Crippen molar-refractivity contribution in [3.8, 4) is 11.1 Å². The van der Waals surface area contributed by atoms with Gasteiger partial charge in [0.15, 0.2) is 0 Å². The van der Waals surface area contributed by atoms with Crippen molar-refractivity contribution < 1.29 is 4.42 Å². The fraction of sp³-hybridized carbons (Fsp3) is 0.276. The van der Waals surface area contributed by atoms with Crippen LogP contribution in [-0.2, 0) is 21.7 Å². The molecule has 0 atom stereocenters. The lowest BCUT2D eigenvalue weighted by Crippen LogP contribution is -2.61. The summed E-state index contributed by atoms with van der Waals surface area (Å²) in [6.45, 7) is 28.0. The summed E-state index contributed by atoms with van der Waals surface area (Å²) in [6.07, 6.45) is 0. The number of anilines is 6. The molecular weight excluding hydrogens is 751 g/mol. The van der Waals surface area contributed by atoms with Gasteiger partial charge in [-0.05, 0) is 132 Å². The normalized spacial score (nSPS) is 14.0. The molecule has 3 heterocycles. The number of hydrogen-bond donors (Lipinski definition) is 0. The summed E-state index contributed by atoms with van der Waals surface area (Å²) < 4.78 is 6.39. The van der Waals surface area contributed by atoms with Crippen molar-refractivity contribution in [2.75, 3.05) is 9.80 Å². The van der Waals surface area contributed by atoms with Crippen LogP contribution >= 0.6 is 0 Å². The van der Waals surface area contributed by atoms with Crippen LogP contribution in [0.4, 0.5) is 34.1 Å². The van der Waals surface area contributed by atoms with Gasteiger partial charge in [0.25, 0.3) is 6.71 Å². The maximum atomic E-state index is 6.39. The number of furan rings is 1. The lowest BCUT2D eigenvalue weighted by molar-refractivity contribution is 0.589. The highest BCUT2D eigenvalue weighted by Crippen LogP contribution is 2.48. The van der Waals surface area contributed by atoms with E-state index in [0.717, 1.165) is 33.2 Å². The van der Waals surface area contributed by atoms with E-state index in [1.807, 2.05) is 6.07 Å². The molecular formula is C58H59BN2O. The SMILES string of the molecule is CC(C)(C)c1ccc(N2c3cc(C(C)(C)C)ccc3B3c4cc(C(C)(C)C)ccc4N(c4cccc(-c5cccc6oc7ccccc7c56)c4)c4cc(C(C)(C)C)cc2c43)cc1. The van der Waals surface area contributed by atoms with Gasteiger partial charge in [0.1, 0.15) is 11.2 Å². The second kappa shape index (κ2) is 13.8. The largest absolute Gasteiger partial charge is 0.456 e. The molecule has 0 unspecified atom stereocenters. The molecule has 2 aliphatic rings. The summed E-state index contributed by atoms with van der Waals surface area (Å²) >= 11 is 0. The van der Waals surface area contributed by atoms with Gasteiger partial charge in [-0.2, -0.15) is 0 Å². The minimum absolute atomic E-state index is 0.0196. The Kier molecular flexibility index (Phi) is 8.89. The second-order valence-electron chi connectivity index (χ2n) is 22.0. The van der Waals surface area contributed by atoms with Crippen molar-refractivity contribution in [3.63, 3.8) is 0 Å². The predicted molar refractivity (Wildman–Crippen MR) is 268 cm³/mol. The molecule has 1 aromatic heterocycles. The van der Waals surface area contributed by atoms with Gasteiger partial charge in [-0.25, -0.2) is 0 Å². The molecule has 310 valence electrons. The van der Waals surface area contributed by atoms with Crippen LogP contribution in [0.2, 0.25) is 0 Å². The lowest BCUT2D eigenvalue weighted by Gasteiger charge is -2.45. The summed E-state index contributed by atoms with van der Waals surface area (Å²) in [5.41, 5.74) is 20.7. The van der Waals surface area contributed by atoms with Gasteiger partial charge in [-0.1, -0.05) is 162 Å². The molecule has 7 aromatic carbocycles. The third kappa shape index (κ3) is 6.48. The minimum atomic E-state index is -0.113. The number of rotatable bonds is 3. The van der Waals surface area contributed by atoms with Crippen LogP contribution in [0.5, 0.6) is 0 Å². The first-order valence-electron chi connectivity index (χ1n) is 22.5. The topological polar surface area (TPSA) is 19.6 Å². The van der Waals surface area contributed by atoms with Crippen LogP contribution in [0.1, 0.15) is 105 Å². The molecule has 0 amide bonds. The van der Waals surface area contributed by atoms with E-state index >= 15 is 0 Å². The molecule has 4 heteroatoms. The van der Waals surface area contributed by atoms with Crippen molar-refractivity contribution in [2.24, 2.45) is 0 Å². The van der Waals surface area contributed by atoms with Crippen molar-refractivity contribution in [1.82, 2.24) is 0 Å². The fourth-order valence-electron chi connectivity index (χ4n) is 9.86. The molecule has 2 aliphatic heterocycles. The Bertz CT molecular complexity index is 3070. The van der Waals surface area contributed by atoms with Crippen LogP contribution < -0.4 is 26.2 Å². The number of fused-ring (bicyclic) bond motifs is 7. The summed E-state index contributed by atoms with van der Waals surface area (Å²) in [4.78, 5) is 5.15. The van der Waals surface area contributed by atoms with Crippen molar-refractivity contribution in [1.29, 1.82) is 0 Å². The van der Waals surface area contributed by atoms with Crippen LogP contribution in [0.25, 0.3) is 33.1 Å². The maximum absolute atomic E-state index is 6.39. The van der Waals surface area contributed by atoms with Crippen molar-refractivity contribution in [3.05, 3.63) is 162 Å². The number of benzene rings is 7. The van der Waals surface area contributed by atoms with E-state index in [9.17, 15) is 0 Å². The molecule has 0 saturated heterocycles. The van der Waals surface area contributed by atoms with Gasteiger partial charge in [0.2, 0.25) is 0 Å². The second-order valence-corrected chi connectivity index (χ2v) is 22.0. The van der Waals surface area contributed by atoms with Crippen molar-refractivity contribution in [2.45, 2.75) is 105 Å². The standard InChI is InChI=1S/C58H59BN2O/c1-55(2,3)37-23-27-41(28-24-37)60-48-33-39(57(7,8)9)25-29-45(48)59-46-32-38(56(4,5)6)26-30-47(46)61(50-35-40(58(10,11)12)34-49(60)54(50)59)42-18-15-17-36(31-42)43-20-16-22-52-53(43)44-19-13-14-21-51(44)62-52/h13-35H,1-12H3. The average molecular weight is 811 g/mol. The summed E-state index contributed by atoms with van der Waals surface area (Å²) in [7, 11) is 0. The molecule has 0 spiro atoms. The quantitative estimate of drug-likeness (QED) is 0.166. The highest BCUT2D eigenvalue weighted by atomic mass is 16.3. The van der Waals surface area contributed by atoms with Crippen LogP contribution in [0.15, 0.2) is 144 Å². The van der Waals surface area contributed by atoms with E-state index in [-0.39, 0.29) is 28.4 Å². The van der Waals surface area contributed by atoms with Crippen LogP contribution in [-0.4, -0.2) is 6.71 Å². The maximum Gasteiger partial charge on any atom is 0.252 e. The van der Waals surface area contributed by atoms with E-state index in [1.165, 1.54) is 72.6 Å². The van der Waals surface area contributed by atoms with Gasteiger partial charge in [0, 0.05) is 44.9 Å². The molecule has 0 radical (unpaired) electrons. The predicted octanol–water partition coefficient (Wildman–Crippen LogP) is 14.5. The van der Waals surface area contributed by atoms with E-state index in [2.05, 4.69) is 226 Å². The Morgan fingerprint density at radius 3 is 1.65 bits per heavy atom. The van der Waals surface area contributed by atoms with Crippen LogP contribution in [0.3, 0.4) is 0 Å². The zero-order valence-electron chi connectivity index (χ0n) is 38.7. The Morgan fingerprint density at radius 1 is 0.403 bits per heavy atom. The van der Waals surface area contributed by atoms with E-state index in [4.69, 9.17) is 4.42 Å². The zero-order chi connectivity index (χ0) is 43.7. The summed E-state index contributed by atoms with van der Waals surface area (Å²) in [6, 6.07) is 53.0. The first kappa shape index (κ1) is 40.1. The minimum Gasteiger partial charge on any atom is -0.456 e. The molecule has 0 bridgehead atoms. The Balaban J connectivity index is 1.28. The van der Waals surface area contributed by atoms with E-state index < -0.39 is 0 Å². The first-order valence-corrected chi connectivity index (χ1v) is 22.5. The molecule has 62 heavy (non-hydrogen) atoms. The Morgan fingerprint density at radius 2 is 0.968 bits per heavy atom.